The average molecular weight is 377 g/mol. The molecular weight excluding hydrogens is 350 g/mol. The van der Waals surface area contributed by atoms with E-state index < -0.39 is 0 Å². The Kier molecular flexibility index (Phi) is 7.05. The fourth-order valence-electron chi connectivity index (χ4n) is 3.66. The van der Waals surface area contributed by atoms with Crippen LogP contribution in [0.1, 0.15) is 43.2 Å². The number of nitrogens with zero attached hydrogens (tertiary/aromatic N) is 2. The normalized spacial score (nSPS) is 14.5. The van der Waals surface area contributed by atoms with E-state index >= 15 is 0 Å². The minimum absolute atomic E-state index is 0.0707. The highest BCUT2D eigenvalue weighted by atomic mass is 16.5. The third kappa shape index (κ3) is 5.58. The summed E-state index contributed by atoms with van der Waals surface area (Å²) >= 11 is 0. The summed E-state index contributed by atoms with van der Waals surface area (Å²) in [6.45, 7) is 0.746. The first kappa shape index (κ1) is 19.9. The standard InChI is InChI=1S/C23H27N3O2/c1-26(20-8-3-2-4-9-20)16-19-7-5-6-10-22(19)25-23(27)17-28-21-13-11-18(15-24)12-14-21/h5-7,10-14,20H,2-4,8-9,16-17H2,1H3,(H,25,27). The Hall–Kier alpha value is -2.84. The van der Waals surface area contributed by atoms with Crippen molar-refractivity contribution in [3.63, 3.8) is 0 Å². The van der Waals surface area contributed by atoms with E-state index in [0.717, 1.165) is 17.8 Å². The molecule has 0 spiro atoms. The second-order valence-corrected chi connectivity index (χ2v) is 7.34. The van der Waals surface area contributed by atoms with E-state index in [-0.39, 0.29) is 12.5 Å². The van der Waals surface area contributed by atoms with E-state index in [1.54, 1.807) is 24.3 Å². The molecule has 0 heterocycles. The quantitative estimate of drug-likeness (QED) is 0.779. The maximum absolute atomic E-state index is 12.3. The molecule has 1 aliphatic rings. The van der Waals surface area contributed by atoms with Crippen molar-refractivity contribution in [1.29, 1.82) is 5.26 Å². The molecule has 146 valence electrons. The number of ether oxygens (including phenoxy) is 1. The highest BCUT2D eigenvalue weighted by Crippen LogP contribution is 2.25. The van der Waals surface area contributed by atoms with Gasteiger partial charge in [0.25, 0.3) is 5.91 Å². The molecule has 1 aliphatic carbocycles. The van der Waals surface area contributed by atoms with E-state index in [4.69, 9.17) is 10.00 Å². The van der Waals surface area contributed by atoms with Gasteiger partial charge in [-0.1, -0.05) is 37.5 Å². The van der Waals surface area contributed by atoms with Gasteiger partial charge in [0.1, 0.15) is 5.75 Å². The van der Waals surface area contributed by atoms with E-state index in [9.17, 15) is 4.79 Å². The molecule has 0 atom stereocenters. The van der Waals surface area contributed by atoms with Crippen molar-refractivity contribution < 1.29 is 9.53 Å². The molecule has 2 aromatic rings. The second-order valence-electron chi connectivity index (χ2n) is 7.34. The summed E-state index contributed by atoms with van der Waals surface area (Å²) in [7, 11) is 2.17. The fourth-order valence-corrected chi connectivity index (χ4v) is 3.66. The van der Waals surface area contributed by atoms with Crippen LogP contribution in [0.3, 0.4) is 0 Å². The molecule has 5 heteroatoms. The van der Waals surface area contributed by atoms with Crippen LogP contribution in [-0.4, -0.2) is 30.5 Å². The SMILES string of the molecule is CN(Cc1ccccc1NC(=O)COc1ccc(C#N)cc1)C1CCCCC1. The zero-order valence-electron chi connectivity index (χ0n) is 16.4. The number of rotatable bonds is 7. The number of amides is 1. The molecule has 28 heavy (non-hydrogen) atoms. The summed E-state index contributed by atoms with van der Waals surface area (Å²) in [5, 5.41) is 11.8. The van der Waals surface area contributed by atoms with Crippen molar-refractivity contribution >= 4 is 11.6 Å². The van der Waals surface area contributed by atoms with Gasteiger partial charge in [-0.05, 0) is 55.8 Å². The second kappa shape index (κ2) is 9.91. The predicted octanol–water partition coefficient (Wildman–Crippen LogP) is 4.34. The molecule has 0 unspecified atom stereocenters. The molecule has 0 bridgehead atoms. The smallest absolute Gasteiger partial charge is 0.262 e. The molecule has 1 fully saturated rings. The minimum Gasteiger partial charge on any atom is -0.484 e. The van der Waals surface area contributed by atoms with Crippen LogP contribution < -0.4 is 10.1 Å². The largest absolute Gasteiger partial charge is 0.484 e. The van der Waals surface area contributed by atoms with Gasteiger partial charge in [-0.25, -0.2) is 0 Å². The summed E-state index contributed by atoms with van der Waals surface area (Å²) in [4.78, 5) is 14.7. The number of benzene rings is 2. The molecule has 1 N–H and O–H groups in total. The molecule has 1 amide bonds. The summed E-state index contributed by atoms with van der Waals surface area (Å²) in [6, 6.07) is 17.3. The number of anilines is 1. The van der Waals surface area contributed by atoms with E-state index in [1.807, 2.05) is 18.2 Å². The Labute approximate surface area is 166 Å². The maximum Gasteiger partial charge on any atom is 0.262 e. The third-order valence-corrected chi connectivity index (χ3v) is 5.26. The monoisotopic (exact) mass is 377 g/mol. The topological polar surface area (TPSA) is 65.4 Å². The van der Waals surface area contributed by atoms with Gasteiger partial charge in [-0.2, -0.15) is 5.26 Å². The van der Waals surface area contributed by atoms with Crippen LogP contribution in [0.15, 0.2) is 48.5 Å². The molecular formula is C23H27N3O2. The third-order valence-electron chi connectivity index (χ3n) is 5.26. The van der Waals surface area contributed by atoms with Gasteiger partial charge in [0.2, 0.25) is 0 Å². The van der Waals surface area contributed by atoms with Gasteiger partial charge < -0.3 is 10.1 Å². The van der Waals surface area contributed by atoms with Gasteiger partial charge in [0.05, 0.1) is 11.6 Å². The number of hydrogen-bond donors (Lipinski definition) is 1. The minimum atomic E-state index is -0.197. The van der Waals surface area contributed by atoms with Crippen LogP contribution in [-0.2, 0) is 11.3 Å². The van der Waals surface area contributed by atoms with Crippen molar-refractivity contribution in [2.45, 2.75) is 44.7 Å². The number of nitrogens with one attached hydrogen (secondary N) is 1. The lowest BCUT2D eigenvalue weighted by Crippen LogP contribution is -2.33. The summed E-state index contributed by atoms with van der Waals surface area (Å²) < 4.78 is 5.52. The molecule has 0 aliphatic heterocycles. The fraction of sp³-hybridized carbons (Fsp3) is 0.391. The Bertz CT molecular complexity index is 820. The maximum atomic E-state index is 12.3. The van der Waals surface area contributed by atoms with Gasteiger partial charge in [-0.15, -0.1) is 0 Å². The van der Waals surface area contributed by atoms with Crippen molar-refractivity contribution in [2.75, 3.05) is 19.0 Å². The number of carbonyl (C=O) groups excluding carboxylic acids is 1. The molecule has 1 saturated carbocycles. The van der Waals surface area contributed by atoms with Crippen LogP contribution in [0.5, 0.6) is 5.75 Å². The molecule has 2 aromatic carbocycles. The van der Waals surface area contributed by atoms with Gasteiger partial charge in [-0.3, -0.25) is 9.69 Å². The Morgan fingerprint density at radius 1 is 1.14 bits per heavy atom. The molecule has 0 radical (unpaired) electrons. The van der Waals surface area contributed by atoms with Crippen molar-refractivity contribution in [3.8, 4) is 11.8 Å². The number of carbonyl (C=O) groups is 1. The first-order chi connectivity index (χ1) is 13.7. The van der Waals surface area contributed by atoms with Crippen molar-refractivity contribution in [2.24, 2.45) is 0 Å². The van der Waals surface area contributed by atoms with Crippen molar-refractivity contribution in [1.82, 2.24) is 4.90 Å². The molecule has 3 rings (SSSR count). The Balaban J connectivity index is 1.55. The average Bonchev–Trinajstić information content (AvgIpc) is 2.74. The molecule has 5 nitrogen and oxygen atoms in total. The lowest BCUT2D eigenvalue weighted by atomic mass is 9.94. The first-order valence-corrected chi connectivity index (χ1v) is 9.86. The van der Waals surface area contributed by atoms with Crippen molar-refractivity contribution in [3.05, 3.63) is 59.7 Å². The van der Waals surface area contributed by atoms with Gasteiger partial charge >= 0.3 is 0 Å². The predicted molar refractivity (Wildman–Crippen MR) is 110 cm³/mol. The summed E-state index contributed by atoms with van der Waals surface area (Å²) in [5.41, 5.74) is 2.51. The lowest BCUT2D eigenvalue weighted by Gasteiger charge is -2.31. The summed E-state index contributed by atoms with van der Waals surface area (Å²) in [6.07, 6.45) is 6.46. The van der Waals surface area contributed by atoms with Crippen LogP contribution >= 0.6 is 0 Å². The van der Waals surface area contributed by atoms with Crippen LogP contribution in [0.25, 0.3) is 0 Å². The molecule has 0 saturated heterocycles. The Morgan fingerprint density at radius 3 is 2.57 bits per heavy atom. The van der Waals surface area contributed by atoms with E-state index in [2.05, 4.69) is 29.4 Å². The zero-order chi connectivity index (χ0) is 19.8. The van der Waals surface area contributed by atoms with Gasteiger partial charge in [0.15, 0.2) is 6.61 Å². The highest BCUT2D eigenvalue weighted by Gasteiger charge is 2.19. The molecule has 0 aromatic heterocycles. The highest BCUT2D eigenvalue weighted by molar-refractivity contribution is 5.92. The van der Waals surface area contributed by atoms with Crippen LogP contribution in [0.4, 0.5) is 5.69 Å². The Morgan fingerprint density at radius 2 is 1.86 bits per heavy atom. The van der Waals surface area contributed by atoms with E-state index in [0.29, 0.717) is 17.4 Å². The number of nitriles is 1. The zero-order valence-corrected chi connectivity index (χ0v) is 16.4. The van der Waals surface area contributed by atoms with E-state index in [1.165, 1.54) is 32.1 Å². The number of hydrogen-bond acceptors (Lipinski definition) is 4. The first-order valence-electron chi connectivity index (χ1n) is 9.86. The lowest BCUT2D eigenvalue weighted by molar-refractivity contribution is -0.118. The number of para-hydroxylation sites is 1. The van der Waals surface area contributed by atoms with Gasteiger partial charge in [0, 0.05) is 18.3 Å². The van der Waals surface area contributed by atoms with Crippen LogP contribution in [0, 0.1) is 11.3 Å². The summed E-state index contributed by atoms with van der Waals surface area (Å²) in [5.74, 6) is 0.372. The van der Waals surface area contributed by atoms with Crippen LogP contribution in [0.2, 0.25) is 0 Å².